The lowest BCUT2D eigenvalue weighted by molar-refractivity contribution is 0.00698. The second-order valence-electron chi connectivity index (χ2n) is 7.46. The summed E-state index contributed by atoms with van der Waals surface area (Å²) in [6.07, 6.45) is 1.84. The molecule has 0 spiro atoms. The number of rotatable bonds is 3. The zero-order valence-electron chi connectivity index (χ0n) is 15.2. The molecule has 23 heavy (non-hydrogen) atoms. The average Bonchev–Trinajstić information content (AvgIpc) is 2.75. The SMILES string of the molecule is Cc1n[nH]c(C)c1CNC1CCCN(C(=O)OC(C)(C)C)C1C. The first kappa shape index (κ1) is 17.8. The summed E-state index contributed by atoms with van der Waals surface area (Å²) in [5, 5.41) is 10.8. The molecular formula is C17H30N4O2. The van der Waals surface area contributed by atoms with Crippen molar-refractivity contribution in [2.75, 3.05) is 6.54 Å². The predicted molar refractivity (Wildman–Crippen MR) is 90.3 cm³/mol. The highest BCUT2D eigenvalue weighted by Gasteiger charge is 2.33. The lowest BCUT2D eigenvalue weighted by Gasteiger charge is -2.40. The maximum absolute atomic E-state index is 12.4. The van der Waals surface area contributed by atoms with E-state index in [2.05, 4.69) is 22.4 Å². The molecule has 1 saturated heterocycles. The van der Waals surface area contributed by atoms with Crippen LogP contribution in [0.2, 0.25) is 0 Å². The highest BCUT2D eigenvalue weighted by Crippen LogP contribution is 2.21. The maximum atomic E-state index is 12.4. The van der Waals surface area contributed by atoms with Gasteiger partial charge in [0.2, 0.25) is 0 Å². The van der Waals surface area contributed by atoms with Crippen molar-refractivity contribution in [3.05, 3.63) is 17.0 Å². The summed E-state index contributed by atoms with van der Waals surface area (Å²) in [5.41, 5.74) is 2.89. The van der Waals surface area contributed by atoms with Gasteiger partial charge in [0.25, 0.3) is 0 Å². The van der Waals surface area contributed by atoms with Crippen molar-refractivity contribution in [3.63, 3.8) is 0 Å². The van der Waals surface area contributed by atoms with Crippen molar-refractivity contribution in [1.82, 2.24) is 20.4 Å². The number of aromatic nitrogens is 2. The third-order valence-electron chi connectivity index (χ3n) is 4.44. The molecule has 2 heterocycles. The minimum Gasteiger partial charge on any atom is -0.444 e. The second-order valence-corrected chi connectivity index (χ2v) is 7.46. The lowest BCUT2D eigenvalue weighted by Crippen LogP contribution is -2.55. The molecule has 0 aromatic carbocycles. The van der Waals surface area contributed by atoms with E-state index in [-0.39, 0.29) is 18.2 Å². The Morgan fingerprint density at radius 1 is 1.43 bits per heavy atom. The number of hydrogen-bond acceptors (Lipinski definition) is 4. The molecule has 0 aliphatic carbocycles. The van der Waals surface area contributed by atoms with E-state index in [4.69, 9.17) is 4.74 Å². The van der Waals surface area contributed by atoms with E-state index < -0.39 is 5.60 Å². The van der Waals surface area contributed by atoms with Crippen molar-refractivity contribution in [1.29, 1.82) is 0 Å². The Bertz CT molecular complexity index is 528. The number of piperidine rings is 1. The fourth-order valence-corrected chi connectivity index (χ4v) is 3.06. The van der Waals surface area contributed by atoms with Crippen LogP contribution >= 0.6 is 0 Å². The molecule has 1 aliphatic rings. The molecule has 2 rings (SSSR count). The van der Waals surface area contributed by atoms with Gasteiger partial charge in [-0.15, -0.1) is 0 Å². The van der Waals surface area contributed by atoms with Gasteiger partial charge in [0.05, 0.1) is 5.69 Å². The van der Waals surface area contributed by atoms with Crippen LogP contribution in [0.4, 0.5) is 4.79 Å². The van der Waals surface area contributed by atoms with Crippen molar-refractivity contribution >= 4 is 6.09 Å². The Hall–Kier alpha value is -1.56. The van der Waals surface area contributed by atoms with Crippen molar-refractivity contribution < 1.29 is 9.53 Å². The Labute approximate surface area is 139 Å². The van der Waals surface area contributed by atoms with Crippen LogP contribution < -0.4 is 5.32 Å². The zero-order chi connectivity index (χ0) is 17.2. The maximum Gasteiger partial charge on any atom is 0.410 e. The number of amides is 1. The van der Waals surface area contributed by atoms with Gasteiger partial charge in [-0.3, -0.25) is 5.10 Å². The number of nitrogens with one attached hydrogen (secondary N) is 2. The highest BCUT2D eigenvalue weighted by atomic mass is 16.6. The van der Waals surface area contributed by atoms with Crippen LogP contribution in [0.15, 0.2) is 0 Å². The van der Waals surface area contributed by atoms with Crippen LogP contribution in [-0.4, -0.2) is 45.4 Å². The minimum absolute atomic E-state index is 0.117. The molecule has 1 aliphatic heterocycles. The van der Waals surface area contributed by atoms with Crippen molar-refractivity contribution in [3.8, 4) is 0 Å². The Balaban J connectivity index is 1.97. The Kier molecular flexibility index (Phi) is 5.34. The minimum atomic E-state index is -0.456. The standard InChI is InChI=1S/C17H30N4O2/c1-11-14(12(2)20-19-11)10-18-15-8-7-9-21(13(15)3)16(22)23-17(4,5)6/h13,15,18H,7-10H2,1-6H3,(H,19,20). The van der Waals surface area contributed by atoms with E-state index in [1.807, 2.05) is 39.5 Å². The van der Waals surface area contributed by atoms with Crippen LogP contribution in [0.25, 0.3) is 0 Å². The summed E-state index contributed by atoms with van der Waals surface area (Å²) in [4.78, 5) is 14.2. The number of aryl methyl sites for hydroxylation is 2. The van der Waals surface area contributed by atoms with Crippen LogP contribution in [0.5, 0.6) is 0 Å². The first-order valence-corrected chi connectivity index (χ1v) is 8.42. The molecule has 2 unspecified atom stereocenters. The number of nitrogens with zero attached hydrogens (tertiary/aromatic N) is 2. The second kappa shape index (κ2) is 6.91. The third-order valence-corrected chi connectivity index (χ3v) is 4.44. The molecule has 1 amide bonds. The first-order chi connectivity index (χ1) is 10.7. The topological polar surface area (TPSA) is 70.2 Å². The van der Waals surface area contributed by atoms with Gasteiger partial charge in [-0.05, 0) is 54.4 Å². The number of aromatic amines is 1. The molecule has 1 fully saturated rings. The summed E-state index contributed by atoms with van der Waals surface area (Å²) in [6.45, 7) is 13.4. The van der Waals surface area contributed by atoms with Crippen LogP contribution in [0.1, 0.15) is 57.5 Å². The zero-order valence-corrected chi connectivity index (χ0v) is 15.2. The van der Waals surface area contributed by atoms with Gasteiger partial charge in [0, 0.05) is 36.4 Å². The fourth-order valence-electron chi connectivity index (χ4n) is 3.06. The van der Waals surface area contributed by atoms with Crippen LogP contribution in [0, 0.1) is 13.8 Å². The third kappa shape index (κ3) is 4.47. The molecule has 2 atom stereocenters. The first-order valence-electron chi connectivity index (χ1n) is 8.42. The van der Waals surface area contributed by atoms with E-state index in [1.165, 1.54) is 5.56 Å². The van der Waals surface area contributed by atoms with Gasteiger partial charge >= 0.3 is 6.09 Å². The molecule has 1 aromatic heterocycles. The lowest BCUT2D eigenvalue weighted by atomic mass is 9.97. The smallest absolute Gasteiger partial charge is 0.410 e. The molecular weight excluding hydrogens is 292 g/mol. The number of H-pyrrole nitrogens is 1. The summed E-state index contributed by atoms with van der Waals surface area (Å²) >= 11 is 0. The average molecular weight is 322 g/mol. The quantitative estimate of drug-likeness (QED) is 0.897. The summed E-state index contributed by atoms with van der Waals surface area (Å²) < 4.78 is 5.53. The monoisotopic (exact) mass is 322 g/mol. The number of hydrogen-bond donors (Lipinski definition) is 2. The van der Waals surface area contributed by atoms with Gasteiger partial charge in [-0.2, -0.15) is 5.10 Å². The van der Waals surface area contributed by atoms with Crippen molar-refractivity contribution in [2.24, 2.45) is 0 Å². The normalized spacial score (nSPS) is 22.3. The Morgan fingerprint density at radius 2 is 2.13 bits per heavy atom. The van der Waals surface area contributed by atoms with Gasteiger partial charge in [-0.25, -0.2) is 4.79 Å². The number of carbonyl (C=O) groups is 1. The fraction of sp³-hybridized carbons (Fsp3) is 0.765. The van der Waals surface area contributed by atoms with Crippen LogP contribution in [0.3, 0.4) is 0 Å². The van der Waals surface area contributed by atoms with Crippen LogP contribution in [-0.2, 0) is 11.3 Å². The molecule has 0 radical (unpaired) electrons. The van der Waals surface area contributed by atoms with Crippen molar-refractivity contribution in [2.45, 2.75) is 78.6 Å². The highest BCUT2D eigenvalue weighted by molar-refractivity contribution is 5.68. The van der Waals surface area contributed by atoms with Gasteiger partial charge < -0.3 is 15.0 Å². The molecule has 2 N–H and O–H groups in total. The van der Waals surface area contributed by atoms with Gasteiger partial charge in [0.15, 0.2) is 0 Å². The molecule has 6 heteroatoms. The van der Waals surface area contributed by atoms with Gasteiger partial charge in [0.1, 0.15) is 5.60 Å². The molecule has 0 bridgehead atoms. The summed E-state index contributed by atoms with van der Waals surface area (Å²) in [6, 6.07) is 0.385. The summed E-state index contributed by atoms with van der Waals surface area (Å²) in [5.74, 6) is 0. The van der Waals surface area contributed by atoms with E-state index in [9.17, 15) is 4.79 Å². The Morgan fingerprint density at radius 3 is 2.70 bits per heavy atom. The summed E-state index contributed by atoms with van der Waals surface area (Å²) in [7, 11) is 0. The molecule has 130 valence electrons. The predicted octanol–water partition coefficient (Wildman–Crippen LogP) is 2.90. The molecule has 1 aromatic rings. The number of ether oxygens (including phenoxy) is 1. The molecule has 6 nitrogen and oxygen atoms in total. The van der Waals surface area contributed by atoms with Gasteiger partial charge in [-0.1, -0.05) is 0 Å². The van der Waals surface area contributed by atoms with E-state index >= 15 is 0 Å². The van der Waals surface area contributed by atoms with E-state index in [1.54, 1.807) is 0 Å². The van der Waals surface area contributed by atoms with E-state index in [0.29, 0.717) is 0 Å². The number of likely N-dealkylation sites (tertiary alicyclic amines) is 1. The number of carbonyl (C=O) groups excluding carboxylic acids is 1. The molecule has 0 saturated carbocycles. The van der Waals surface area contributed by atoms with E-state index in [0.717, 1.165) is 37.3 Å². The largest absolute Gasteiger partial charge is 0.444 e.